The maximum atomic E-state index is 12.6. The van der Waals surface area contributed by atoms with E-state index >= 15 is 0 Å². The van der Waals surface area contributed by atoms with E-state index in [1.165, 1.54) is 24.4 Å². The monoisotopic (exact) mass is 397 g/mol. The van der Waals surface area contributed by atoms with E-state index < -0.39 is 6.36 Å². The number of halogens is 3. The molecule has 5 nitrogen and oxygen atoms in total. The Morgan fingerprint density at radius 2 is 2.07 bits per heavy atom. The van der Waals surface area contributed by atoms with Crippen LogP contribution < -0.4 is 10.1 Å². The van der Waals surface area contributed by atoms with Crippen molar-refractivity contribution in [1.82, 2.24) is 15.2 Å². The van der Waals surface area contributed by atoms with Crippen molar-refractivity contribution in [2.45, 2.75) is 25.2 Å². The molecular weight excluding hydrogens is 379 g/mol. The van der Waals surface area contributed by atoms with Crippen LogP contribution in [0.3, 0.4) is 0 Å². The number of hydrogen-bond donors (Lipinski definition) is 1. The number of piperidine rings is 3. The van der Waals surface area contributed by atoms with Crippen LogP contribution in [0.15, 0.2) is 30.5 Å². The summed E-state index contributed by atoms with van der Waals surface area (Å²) in [5.41, 5.74) is 0.476. The van der Waals surface area contributed by atoms with Gasteiger partial charge < -0.3 is 15.0 Å². The molecule has 3 fully saturated rings. The lowest BCUT2D eigenvalue weighted by molar-refractivity contribution is -0.274. The summed E-state index contributed by atoms with van der Waals surface area (Å²) < 4.78 is 41.1. The third kappa shape index (κ3) is 4.24. The number of amides is 1. The van der Waals surface area contributed by atoms with Crippen molar-refractivity contribution >= 4 is 17.2 Å². The van der Waals surface area contributed by atoms with E-state index in [0.717, 1.165) is 43.8 Å². The van der Waals surface area contributed by atoms with Crippen LogP contribution >= 0.6 is 11.3 Å². The number of fused-ring (bicyclic) bond motifs is 3. The molecule has 1 amide bonds. The van der Waals surface area contributed by atoms with Gasteiger partial charge in [0.25, 0.3) is 5.91 Å². The molecule has 27 heavy (non-hydrogen) atoms. The molecule has 0 radical (unpaired) electrons. The number of rotatable bonds is 4. The van der Waals surface area contributed by atoms with E-state index in [0.29, 0.717) is 21.4 Å². The third-order valence-electron chi connectivity index (χ3n) is 5.02. The molecule has 144 valence electrons. The van der Waals surface area contributed by atoms with Gasteiger partial charge in [-0.05, 0) is 44.0 Å². The lowest BCUT2D eigenvalue weighted by Gasteiger charge is -2.44. The first-order chi connectivity index (χ1) is 12.9. The van der Waals surface area contributed by atoms with Gasteiger partial charge in [0.2, 0.25) is 0 Å². The molecule has 1 N–H and O–H groups in total. The van der Waals surface area contributed by atoms with Gasteiger partial charge in [-0.15, -0.1) is 24.5 Å². The molecular formula is C18H18F3N3O2S. The number of alkyl halides is 3. The number of benzene rings is 1. The van der Waals surface area contributed by atoms with Gasteiger partial charge in [0.15, 0.2) is 0 Å². The van der Waals surface area contributed by atoms with Crippen LogP contribution in [0.5, 0.6) is 5.75 Å². The molecule has 3 aliphatic heterocycles. The molecule has 4 heterocycles. The van der Waals surface area contributed by atoms with Gasteiger partial charge in [0.05, 0.1) is 6.20 Å². The van der Waals surface area contributed by atoms with E-state index in [9.17, 15) is 18.0 Å². The molecule has 0 aliphatic carbocycles. The van der Waals surface area contributed by atoms with E-state index in [2.05, 4.69) is 19.9 Å². The van der Waals surface area contributed by atoms with Crippen molar-refractivity contribution in [3.63, 3.8) is 0 Å². The highest BCUT2D eigenvalue weighted by Crippen LogP contribution is 2.31. The van der Waals surface area contributed by atoms with Crippen molar-refractivity contribution in [2.75, 3.05) is 19.6 Å². The van der Waals surface area contributed by atoms with Crippen molar-refractivity contribution < 1.29 is 22.7 Å². The Morgan fingerprint density at radius 3 is 2.74 bits per heavy atom. The van der Waals surface area contributed by atoms with E-state index in [-0.39, 0.29) is 17.7 Å². The normalized spacial score (nSPS) is 24.6. The van der Waals surface area contributed by atoms with Crippen molar-refractivity contribution in [3.05, 3.63) is 35.3 Å². The zero-order valence-corrected chi connectivity index (χ0v) is 15.1. The quantitative estimate of drug-likeness (QED) is 0.858. The SMILES string of the molecule is O=C(NC1CN2CCC1CC2)c1cnc(-c2cccc(OC(F)(F)F)c2)s1. The zero-order chi connectivity index (χ0) is 19.0. The molecule has 3 saturated heterocycles. The fourth-order valence-electron chi connectivity index (χ4n) is 3.71. The Labute approximate surface area is 158 Å². The highest BCUT2D eigenvalue weighted by atomic mass is 32.1. The van der Waals surface area contributed by atoms with Crippen LogP contribution in [0, 0.1) is 5.92 Å². The summed E-state index contributed by atoms with van der Waals surface area (Å²) in [6.45, 7) is 3.06. The summed E-state index contributed by atoms with van der Waals surface area (Å²) in [5, 5.41) is 3.56. The summed E-state index contributed by atoms with van der Waals surface area (Å²) in [6.07, 6.45) is -1.08. The summed E-state index contributed by atoms with van der Waals surface area (Å²) in [5.74, 6) is 0.0243. The van der Waals surface area contributed by atoms with Gasteiger partial charge in [-0.1, -0.05) is 12.1 Å². The fourth-order valence-corrected chi connectivity index (χ4v) is 4.52. The number of ether oxygens (including phenoxy) is 1. The maximum Gasteiger partial charge on any atom is 0.573 e. The van der Waals surface area contributed by atoms with Crippen LogP contribution in [-0.4, -0.2) is 47.8 Å². The Morgan fingerprint density at radius 1 is 1.30 bits per heavy atom. The first kappa shape index (κ1) is 18.2. The third-order valence-corrected chi connectivity index (χ3v) is 6.06. The topological polar surface area (TPSA) is 54.5 Å². The summed E-state index contributed by atoms with van der Waals surface area (Å²) in [6, 6.07) is 5.74. The molecule has 0 spiro atoms. The number of hydrogen-bond acceptors (Lipinski definition) is 5. The lowest BCUT2D eigenvalue weighted by Crippen LogP contribution is -2.57. The minimum absolute atomic E-state index is 0.147. The number of thiazole rings is 1. The second-order valence-corrected chi connectivity index (χ2v) is 7.85. The Kier molecular flexibility index (Phi) is 4.81. The van der Waals surface area contributed by atoms with Crippen LogP contribution in [-0.2, 0) is 0 Å². The van der Waals surface area contributed by atoms with E-state index in [4.69, 9.17) is 0 Å². The molecule has 3 aliphatic rings. The highest BCUT2D eigenvalue weighted by Gasteiger charge is 2.35. The van der Waals surface area contributed by atoms with Gasteiger partial charge in [0, 0.05) is 18.2 Å². The zero-order valence-electron chi connectivity index (χ0n) is 14.3. The number of nitrogens with zero attached hydrogens (tertiary/aromatic N) is 2. The second kappa shape index (κ2) is 7.12. The predicted molar refractivity (Wildman–Crippen MR) is 94.7 cm³/mol. The number of carbonyl (C=O) groups is 1. The Balaban J connectivity index is 1.45. The molecule has 2 bridgehead atoms. The molecule has 2 aromatic rings. The molecule has 9 heteroatoms. The molecule has 5 rings (SSSR count). The first-order valence-electron chi connectivity index (χ1n) is 8.72. The minimum atomic E-state index is -4.75. The predicted octanol–water partition coefficient (Wildman–Crippen LogP) is 3.53. The van der Waals surface area contributed by atoms with Crippen LogP contribution in [0.1, 0.15) is 22.5 Å². The van der Waals surface area contributed by atoms with Gasteiger partial charge in [0.1, 0.15) is 15.6 Å². The number of carbonyl (C=O) groups excluding carboxylic acids is 1. The Bertz CT molecular complexity index is 831. The van der Waals surface area contributed by atoms with Crippen molar-refractivity contribution in [3.8, 4) is 16.3 Å². The molecule has 0 saturated carbocycles. The molecule has 1 aromatic carbocycles. The summed E-state index contributed by atoms with van der Waals surface area (Å²) >= 11 is 1.16. The van der Waals surface area contributed by atoms with Crippen molar-refractivity contribution in [1.29, 1.82) is 0 Å². The molecule has 1 aromatic heterocycles. The number of nitrogens with one attached hydrogen (secondary N) is 1. The van der Waals surface area contributed by atoms with Gasteiger partial charge in [-0.2, -0.15) is 0 Å². The van der Waals surface area contributed by atoms with Crippen LogP contribution in [0.4, 0.5) is 13.2 Å². The average molecular weight is 397 g/mol. The minimum Gasteiger partial charge on any atom is -0.406 e. The fraction of sp³-hybridized carbons (Fsp3) is 0.444. The largest absolute Gasteiger partial charge is 0.573 e. The molecule has 1 atom stereocenters. The van der Waals surface area contributed by atoms with Gasteiger partial charge in [-0.3, -0.25) is 4.79 Å². The summed E-state index contributed by atoms with van der Waals surface area (Å²) in [4.78, 5) is 19.6. The van der Waals surface area contributed by atoms with Crippen molar-refractivity contribution in [2.24, 2.45) is 5.92 Å². The summed E-state index contributed by atoms with van der Waals surface area (Å²) in [7, 11) is 0. The highest BCUT2D eigenvalue weighted by molar-refractivity contribution is 7.16. The van der Waals surface area contributed by atoms with Gasteiger partial charge >= 0.3 is 6.36 Å². The standard InChI is InChI=1S/C18H18F3N3O2S/c19-18(20,21)26-13-3-1-2-12(8-13)17-22-9-15(27-17)16(25)23-14-10-24-6-4-11(14)5-7-24/h1-3,8-9,11,14H,4-7,10H2,(H,23,25). The van der Waals surface area contributed by atoms with Gasteiger partial charge in [-0.25, -0.2) is 4.98 Å². The Hall–Kier alpha value is -2.13. The maximum absolute atomic E-state index is 12.6. The van der Waals surface area contributed by atoms with E-state index in [1.54, 1.807) is 6.07 Å². The second-order valence-electron chi connectivity index (χ2n) is 6.82. The van der Waals surface area contributed by atoms with Crippen LogP contribution in [0.2, 0.25) is 0 Å². The smallest absolute Gasteiger partial charge is 0.406 e. The molecule has 1 unspecified atom stereocenters. The lowest BCUT2D eigenvalue weighted by atomic mass is 9.84. The number of aromatic nitrogens is 1. The van der Waals surface area contributed by atoms with E-state index in [1.807, 2.05) is 0 Å². The average Bonchev–Trinajstić information content (AvgIpc) is 3.12. The first-order valence-corrected chi connectivity index (χ1v) is 9.54. The van der Waals surface area contributed by atoms with Crippen LogP contribution in [0.25, 0.3) is 10.6 Å².